The van der Waals surface area contributed by atoms with Crippen LogP contribution in [-0.4, -0.2) is 35.9 Å². The van der Waals surface area contributed by atoms with Crippen molar-refractivity contribution in [2.45, 2.75) is 38.6 Å². The number of nitrogens with zero attached hydrogens (tertiary/aromatic N) is 2. The number of pyridine rings is 1. The summed E-state index contributed by atoms with van der Waals surface area (Å²) in [6, 6.07) is 4.04. The minimum absolute atomic E-state index is 0.0298. The minimum atomic E-state index is 0.0298. The zero-order valence-electron chi connectivity index (χ0n) is 12.0. The van der Waals surface area contributed by atoms with Crippen LogP contribution in [0.25, 0.3) is 0 Å². The van der Waals surface area contributed by atoms with Crippen LogP contribution in [0.5, 0.6) is 0 Å². The number of carbonyl (C=O) groups is 1. The van der Waals surface area contributed by atoms with E-state index in [-0.39, 0.29) is 5.91 Å². The highest BCUT2D eigenvalue weighted by Gasteiger charge is 2.25. The van der Waals surface area contributed by atoms with Crippen molar-refractivity contribution in [2.24, 2.45) is 5.92 Å². The summed E-state index contributed by atoms with van der Waals surface area (Å²) in [4.78, 5) is 18.5. The molecular weight excluding hydrogens is 238 g/mol. The number of anilines is 1. The number of rotatable bonds is 3. The molecule has 1 heterocycles. The van der Waals surface area contributed by atoms with Crippen molar-refractivity contribution in [1.29, 1.82) is 0 Å². The van der Waals surface area contributed by atoms with E-state index < -0.39 is 0 Å². The van der Waals surface area contributed by atoms with Gasteiger partial charge in [-0.3, -0.25) is 4.79 Å². The van der Waals surface area contributed by atoms with E-state index in [0.717, 1.165) is 24.4 Å². The Kier molecular flexibility index (Phi) is 4.40. The maximum Gasteiger partial charge on any atom is 0.272 e. The van der Waals surface area contributed by atoms with Crippen LogP contribution in [0.4, 0.5) is 5.69 Å². The van der Waals surface area contributed by atoms with Gasteiger partial charge in [0, 0.05) is 20.1 Å². The Hall–Kier alpha value is -1.58. The largest absolute Gasteiger partial charge is 0.387 e. The van der Waals surface area contributed by atoms with Gasteiger partial charge in [-0.15, -0.1) is 0 Å². The van der Waals surface area contributed by atoms with Crippen molar-refractivity contribution < 1.29 is 4.79 Å². The lowest BCUT2D eigenvalue weighted by molar-refractivity contribution is 0.0673. The Morgan fingerprint density at radius 3 is 2.53 bits per heavy atom. The second kappa shape index (κ2) is 6.04. The van der Waals surface area contributed by atoms with Crippen LogP contribution in [0, 0.1) is 5.92 Å². The Morgan fingerprint density at radius 2 is 2.00 bits per heavy atom. The Labute approximate surface area is 115 Å². The normalized spacial score (nSPS) is 22.9. The lowest BCUT2D eigenvalue weighted by atomic mass is 9.86. The zero-order chi connectivity index (χ0) is 13.8. The first-order valence-corrected chi connectivity index (χ1v) is 7.02. The first kappa shape index (κ1) is 13.8. The average molecular weight is 261 g/mol. The molecule has 0 aromatic carbocycles. The van der Waals surface area contributed by atoms with Crippen molar-refractivity contribution in [2.75, 3.05) is 19.4 Å². The number of hydrogen-bond donors (Lipinski definition) is 1. The van der Waals surface area contributed by atoms with Gasteiger partial charge in [0.15, 0.2) is 0 Å². The number of hydrogen-bond acceptors (Lipinski definition) is 3. The van der Waals surface area contributed by atoms with Gasteiger partial charge in [0.05, 0.1) is 11.9 Å². The van der Waals surface area contributed by atoms with Crippen LogP contribution >= 0.6 is 0 Å². The molecule has 1 aliphatic carbocycles. The van der Waals surface area contributed by atoms with E-state index in [4.69, 9.17) is 0 Å². The van der Waals surface area contributed by atoms with E-state index in [1.165, 1.54) is 12.8 Å². The summed E-state index contributed by atoms with van der Waals surface area (Å²) < 4.78 is 0. The third kappa shape index (κ3) is 3.25. The van der Waals surface area contributed by atoms with E-state index in [0.29, 0.717) is 11.7 Å². The standard InChI is InChI=1S/C15H23N3O/c1-11-4-7-13(8-5-11)18(3)15(19)14-9-6-12(16-2)10-17-14/h6,9-11,13,16H,4-5,7-8H2,1-3H3. The second-order valence-corrected chi connectivity index (χ2v) is 5.51. The first-order chi connectivity index (χ1) is 9.11. The van der Waals surface area contributed by atoms with Gasteiger partial charge in [-0.25, -0.2) is 4.98 Å². The zero-order valence-corrected chi connectivity index (χ0v) is 12.0. The molecule has 0 aliphatic heterocycles. The summed E-state index contributed by atoms with van der Waals surface area (Å²) in [5.74, 6) is 0.829. The number of nitrogens with one attached hydrogen (secondary N) is 1. The highest BCUT2D eigenvalue weighted by Crippen LogP contribution is 2.27. The van der Waals surface area contributed by atoms with Crippen molar-refractivity contribution in [1.82, 2.24) is 9.88 Å². The molecule has 1 amide bonds. The monoisotopic (exact) mass is 261 g/mol. The molecular formula is C15H23N3O. The Morgan fingerprint density at radius 1 is 1.32 bits per heavy atom. The molecule has 0 saturated heterocycles. The molecule has 19 heavy (non-hydrogen) atoms. The predicted octanol–water partition coefficient (Wildman–Crippen LogP) is 2.77. The van der Waals surface area contributed by atoms with Crippen LogP contribution in [0.3, 0.4) is 0 Å². The van der Waals surface area contributed by atoms with Crippen LogP contribution < -0.4 is 5.32 Å². The predicted molar refractivity (Wildman–Crippen MR) is 77.3 cm³/mol. The fraction of sp³-hybridized carbons (Fsp3) is 0.600. The third-order valence-electron chi connectivity index (χ3n) is 4.12. The molecule has 4 heteroatoms. The van der Waals surface area contributed by atoms with Crippen LogP contribution in [0.1, 0.15) is 43.1 Å². The lowest BCUT2D eigenvalue weighted by Gasteiger charge is -2.33. The number of aromatic nitrogens is 1. The fourth-order valence-corrected chi connectivity index (χ4v) is 2.64. The smallest absolute Gasteiger partial charge is 0.272 e. The maximum absolute atomic E-state index is 12.4. The lowest BCUT2D eigenvalue weighted by Crippen LogP contribution is -2.39. The molecule has 1 aromatic rings. The summed E-state index contributed by atoms with van der Waals surface area (Å²) in [6.07, 6.45) is 6.35. The SMILES string of the molecule is CNc1ccc(C(=O)N(C)C2CCC(C)CC2)nc1. The van der Waals surface area contributed by atoms with E-state index in [1.807, 2.05) is 25.1 Å². The summed E-state index contributed by atoms with van der Waals surface area (Å²) in [5.41, 5.74) is 1.45. The molecule has 0 spiro atoms. The summed E-state index contributed by atoms with van der Waals surface area (Å²) in [6.45, 7) is 2.29. The van der Waals surface area contributed by atoms with Gasteiger partial charge < -0.3 is 10.2 Å². The van der Waals surface area contributed by atoms with Gasteiger partial charge in [0.2, 0.25) is 0 Å². The summed E-state index contributed by atoms with van der Waals surface area (Å²) in [7, 11) is 3.74. The van der Waals surface area contributed by atoms with Gasteiger partial charge in [-0.05, 0) is 43.7 Å². The first-order valence-electron chi connectivity index (χ1n) is 7.02. The summed E-state index contributed by atoms with van der Waals surface area (Å²) in [5, 5.41) is 3.00. The average Bonchev–Trinajstić information content (AvgIpc) is 2.46. The maximum atomic E-state index is 12.4. The summed E-state index contributed by atoms with van der Waals surface area (Å²) >= 11 is 0. The second-order valence-electron chi connectivity index (χ2n) is 5.51. The molecule has 0 unspecified atom stereocenters. The van der Waals surface area contributed by atoms with Crippen LogP contribution in [0.15, 0.2) is 18.3 Å². The Balaban J connectivity index is 2.01. The Bertz CT molecular complexity index is 422. The van der Waals surface area contributed by atoms with Crippen molar-refractivity contribution in [3.63, 3.8) is 0 Å². The number of amides is 1. The quantitative estimate of drug-likeness (QED) is 0.910. The van der Waals surface area contributed by atoms with Crippen LogP contribution in [0.2, 0.25) is 0 Å². The van der Waals surface area contributed by atoms with Gasteiger partial charge >= 0.3 is 0 Å². The third-order valence-corrected chi connectivity index (χ3v) is 4.12. The van der Waals surface area contributed by atoms with Gasteiger partial charge in [0.1, 0.15) is 5.69 Å². The number of carbonyl (C=O) groups excluding carboxylic acids is 1. The molecule has 1 fully saturated rings. The molecule has 104 valence electrons. The van der Waals surface area contributed by atoms with E-state index >= 15 is 0 Å². The molecule has 1 N–H and O–H groups in total. The molecule has 0 bridgehead atoms. The minimum Gasteiger partial charge on any atom is -0.387 e. The molecule has 0 atom stereocenters. The molecule has 1 saturated carbocycles. The van der Waals surface area contributed by atoms with E-state index in [1.54, 1.807) is 12.3 Å². The molecule has 0 radical (unpaired) electrons. The van der Waals surface area contributed by atoms with Crippen LogP contribution in [-0.2, 0) is 0 Å². The van der Waals surface area contributed by atoms with Gasteiger partial charge in [0.25, 0.3) is 5.91 Å². The highest BCUT2D eigenvalue weighted by atomic mass is 16.2. The van der Waals surface area contributed by atoms with E-state index in [9.17, 15) is 4.79 Å². The molecule has 4 nitrogen and oxygen atoms in total. The van der Waals surface area contributed by atoms with E-state index in [2.05, 4.69) is 17.2 Å². The van der Waals surface area contributed by atoms with Crippen molar-refractivity contribution >= 4 is 11.6 Å². The molecule has 1 aliphatic rings. The molecule has 2 rings (SSSR count). The van der Waals surface area contributed by atoms with Gasteiger partial charge in [-0.2, -0.15) is 0 Å². The van der Waals surface area contributed by atoms with Crippen molar-refractivity contribution in [3.8, 4) is 0 Å². The highest BCUT2D eigenvalue weighted by molar-refractivity contribution is 5.92. The molecule has 1 aromatic heterocycles. The topological polar surface area (TPSA) is 45.2 Å². The van der Waals surface area contributed by atoms with Crippen molar-refractivity contribution in [3.05, 3.63) is 24.0 Å². The fourth-order valence-electron chi connectivity index (χ4n) is 2.64. The van der Waals surface area contributed by atoms with Gasteiger partial charge in [-0.1, -0.05) is 6.92 Å².